The Hall–Kier alpha value is -1.26. The smallest absolute Gasteiger partial charge is 0.0241 e. The SMILES string of the molecule is C#CC[C@@H](N)Cc1ccccc1. The van der Waals surface area contributed by atoms with Crippen LogP contribution in [0.5, 0.6) is 0 Å². The fraction of sp³-hybridized carbons (Fsp3) is 0.273. The van der Waals surface area contributed by atoms with E-state index in [1.165, 1.54) is 5.56 Å². The van der Waals surface area contributed by atoms with Crippen LogP contribution in [0.15, 0.2) is 30.3 Å². The van der Waals surface area contributed by atoms with Crippen LogP contribution in [0.4, 0.5) is 0 Å². The Morgan fingerprint density at radius 1 is 1.33 bits per heavy atom. The zero-order chi connectivity index (χ0) is 8.81. The minimum atomic E-state index is 0.0948. The number of nitrogens with two attached hydrogens (primary N) is 1. The van der Waals surface area contributed by atoms with E-state index in [0.717, 1.165) is 6.42 Å². The first-order valence-corrected chi connectivity index (χ1v) is 4.06. The molecule has 0 radical (unpaired) electrons. The van der Waals surface area contributed by atoms with E-state index in [4.69, 9.17) is 12.2 Å². The van der Waals surface area contributed by atoms with Gasteiger partial charge in [0.1, 0.15) is 0 Å². The molecule has 0 saturated heterocycles. The molecule has 12 heavy (non-hydrogen) atoms. The number of benzene rings is 1. The van der Waals surface area contributed by atoms with E-state index in [0.29, 0.717) is 6.42 Å². The van der Waals surface area contributed by atoms with E-state index < -0.39 is 0 Å². The van der Waals surface area contributed by atoms with Crippen molar-refractivity contribution in [2.75, 3.05) is 0 Å². The summed E-state index contributed by atoms with van der Waals surface area (Å²) < 4.78 is 0. The van der Waals surface area contributed by atoms with Crippen LogP contribution in [-0.4, -0.2) is 6.04 Å². The number of hydrogen-bond acceptors (Lipinski definition) is 1. The van der Waals surface area contributed by atoms with Crippen molar-refractivity contribution in [3.63, 3.8) is 0 Å². The largest absolute Gasteiger partial charge is 0.327 e. The van der Waals surface area contributed by atoms with Gasteiger partial charge in [-0.3, -0.25) is 0 Å². The highest BCUT2D eigenvalue weighted by atomic mass is 14.6. The summed E-state index contributed by atoms with van der Waals surface area (Å²) in [7, 11) is 0. The third kappa shape index (κ3) is 2.77. The maximum Gasteiger partial charge on any atom is 0.0241 e. The van der Waals surface area contributed by atoms with E-state index in [-0.39, 0.29) is 6.04 Å². The van der Waals surface area contributed by atoms with E-state index in [2.05, 4.69) is 18.1 Å². The monoisotopic (exact) mass is 159 g/mol. The number of hydrogen-bond donors (Lipinski definition) is 1. The standard InChI is InChI=1S/C11H13N/c1-2-6-11(12)9-10-7-4-3-5-8-10/h1,3-5,7-8,11H,6,9,12H2/t11-/m1/s1. The quantitative estimate of drug-likeness (QED) is 0.666. The Bertz CT molecular complexity index is 258. The van der Waals surface area contributed by atoms with Gasteiger partial charge in [-0.1, -0.05) is 30.3 Å². The van der Waals surface area contributed by atoms with E-state index >= 15 is 0 Å². The molecule has 0 bridgehead atoms. The molecule has 0 aliphatic rings. The Morgan fingerprint density at radius 2 is 2.00 bits per heavy atom. The van der Waals surface area contributed by atoms with E-state index in [9.17, 15) is 0 Å². The molecule has 0 amide bonds. The van der Waals surface area contributed by atoms with Crippen molar-refractivity contribution in [2.45, 2.75) is 18.9 Å². The summed E-state index contributed by atoms with van der Waals surface area (Å²) in [5, 5.41) is 0. The molecule has 0 aliphatic heterocycles. The molecule has 0 spiro atoms. The Labute approximate surface area is 73.6 Å². The van der Waals surface area contributed by atoms with Gasteiger partial charge in [0.05, 0.1) is 0 Å². The van der Waals surface area contributed by atoms with Gasteiger partial charge in [-0.25, -0.2) is 0 Å². The Balaban J connectivity index is 2.48. The summed E-state index contributed by atoms with van der Waals surface area (Å²) in [6, 6.07) is 10.2. The lowest BCUT2D eigenvalue weighted by Gasteiger charge is -2.06. The highest BCUT2D eigenvalue weighted by molar-refractivity contribution is 5.16. The molecule has 0 fully saturated rings. The number of terminal acetylenes is 1. The van der Waals surface area contributed by atoms with Gasteiger partial charge in [0.15, 0.2) is 0 Å². The summed E-state index contributed by atoms with van der Waals surface area (Å²) in [6.07, 6.45) is 6.67. The van der Waals surface area contributed by atoms with Crippen molar-refractivity contribution in [3.05, 3.63) is 35.9 Å². The molecule has 1 aromatic carbocycles. The van der Waals surface area contributed by atoms with Gasteiger partial charge in [0.25, 0.3) is 0 Å². The summed E-state index contributed by atoms with van der Waals surface area (Å²) >= 11 is 0. The maximum absolute atomic E-state index is 5.77. The highest BCUT2D eigenvalue weighted by Gasteiger charge is 2.00. The molecule has 1 atom stereocenters. The first-order chi connectivity index (χ1) is 5.83. The van der Waals surface area contributed by atoms with Crippen LogP contribution in [-0.2, 0) is 6.42 Å². The first-order valence-electron chi connectivity index (χ1n) is 4.06. The van der Waals surface area contributed by atoms with Crippen molar-refractivity contribution in [3.8, 4) is 12.3 Å². The lowest BCUT2D eigenvalue weighted by molar-refractivity contribution is 0.689. The van der Waals surface area contributed by atoms with Crippen molar-refractivity contribution < 1.29 is 0 Å². The van der Waals surface area contributed by atoms with Crippen LogP contribution in [0, 0.1) is 12.3 Å². The van der Waals surface area contributed by atoms with Gasteiger partial charge in [0, 0.05) is 12.5 Å². The first kappa shape index (κ1) is 8.83. The second kappa shape index (κ2) is 4.58. The fourth-order valence-electron chi connectivity index (χ4n) is 1.14. The second-order valence-electron chi connectivity index (χ2n) is 2.86. The molecule has 1 heteroatoms. The summed E-state index contributed by atoms with van der Waals surface area (Å²) in [5.74, 6) is 2.56. The summed E-state index contributed by atoms with van der Waals surface area (Å²) in [6.45, 7) is 0. The van der Waals surface area contributed by atoms with Crippen LogP contribution in [0.25, 0.3) is 0 Å². The second-order valence-corrected chi connectivity index (χ2v) is 2.86. The van der Waals surface area contributed by atoms with Crippen molar-refractivity contribution in [1.82, 2.24) is 0 Å². The third-order valence-electron chi connectivity index (χ3n) is 1.72. The van der Waals surface area contributed by atoms with E-state index in [1.807, 2.05) is 18.2 Å². The molecule has 1 aromatic rings. The minimum absolute atomic E-state index is 0.0948. The average Bonchev–Trinajstić information content (AvgIpc) is 2.06. The topological polar surface area (TPSA) is 26.0 Å². The predicted molar refractivity (Wildman–Crippen MR) is 51.6 cm³/mol. The third-order valence-corrected chi connectivity index (χ3v) is 1.72. The van der Waals surface area contributed by atoms with E-state index in [1.54, 1.807) is 0 Å². The van der Waals surface area contributed by atoms with Crippen molar-refractivity contribution in [2.24, 2.45) is 5.73 Å². The molecule has 0 unspecified atom stereocenters. The van der Waals surface area contributed by atoms with Gasteiger partial charge < -0.3 is 5.73 Å². The highest BCUT2D eigenvalue weighted by Crippen LogP contribution is 2.02. The predicted octanol–water partition coefficient (Wildman–Crippen LogP) is 1.58. The molecular formula is C11H13N. The average molecular weight is 159 g/mol. The van der Waals surface area contributed by atoms with Gasteiger partial charge in [0.2, 0.25) is 0 Å². The van der Waals surface area contributed by atoms with Crippen LogP contribution in [0.2, 0.25) is 0 Å². The van der Waals surface area contributed by atoms with Crippen molar-refractivity contribution in [1.29, 1.82) is 0 Å². The van der Waals surface area contributed by atoms with Gasteiger partial charge >= 0.3 is 0 Å². The normalized spacial score (nSPS) is 12.0. The number of rotatable bonds is 3. The molecule has 0 aliphatic carbocycles. The molecule has 1 rings (SSSR count). The summed E-state index contributed by atoms with van der Waals surface area (Å²) in [4.78, 5) is 0. The molecular weight excluding hydrogens is 146 g/mol. The zero-order valence-corrected chi connectivity index (χ0v) is 7.03. The summed E-state index contributed by atoms with van der Waals surface area (Å²) in [5.41, 5.74) is 7.02. The maximum atomic E-state index is 5.77. The van der Waals surface area contributed by atoms with Gasteiger partial charge in [-0.05, 0) is 12.0 Å². The fourth-order valence-corrected chi connectivity index (χ4v) is 1.14. The van der Waals surface area contributed by atoms with Crippen LogP contribution in [0.3, 0.4) is 0 Å². The lowest BCUT2D eigenvalue weighted by Crippen LogP contribution is -2.21. The molecule has 1 nitrogen and oxygen atoms in total. The van der Waals surface area contributed by atoms with Crippen LogP contribution in [0.1, 0.15) is 12.0 Å². The lowest BCUT2D eigenvalue weighted by atomic mass is 10.0. The minimum Gasteiger partial charge on any atom is -0.327 e. The van der Waals surface area contributed by atoms with Crippen molar-refractivity contribution >= 4 is 0 Å². The van der Waals surface area contributed by atoms with Crippen LogP contribution >= 0.6 is 0 Å². The Kier molecular flexibility index (Phi) is 3.37. The molecule has 0 heterocycles. The molecule has 0 saturated carbocycles. The molecule has 2 N–H and O–H groups in total. The van der Waals surface area contributed by atoms with Gasteiger partial charge in [-0.2, -0.15) is 0 Å². The van der Waals surface area contributed by atoms with Gasteiger partial charge in [-0.15, -0.1) is 12.3 Å². The Morgan fingerprint density at radius 3 is 2.58 bits per heavy atom. The molecule has 62 valence electrons. The zero-order valence-electron chi connectivity index (χ0n) is 7.03. The molecule has 0 aromatic heterocycles. The van der Waals surface area contributed by atoms with Crippen LogP contribution < -0.4 is 5.73 Å².